The number of anilines is 2. The molecule has 1 aromatic heterocycles. The molecule has 0 spiro atoms. The van der Waals surface area contributed by atoms with Gasteiger partial charge in [0.05, 0.1) is 0 Å². The van der Waals surface area contributed by atoms with E-state index in [9.17, 15) is 0 Å². The monoisotopic (exact) mass is 296 g/mol. The van der Waals surface area contributed by atoms with Gasteiger partial charge in [0.2, 0.25) is 0 Å². The molecule has 2 aromatic rings. The summed E-state index contributed by atoms with van der Waals surface area (Å²) >= 11 is 0. The summed E-state index contributed by atoms with van der Waals surface area (Å²) < 4.78 is 0. The largest absolute Gasteiger partial charge is 0.370 e. The van der Waals surface area contributed by atoms with Crippen molar-refractivity contribution >= 4 is 11.6 Å². The molecular weight excluding hydrogens is 272 g/mol. The third-order valence-electron chi connectivity index (χ3n) is 4.06. The number of rotatable bonds is 4. The van der Waals surface area contributed by atoms with Crippen LogP contribution in [0, 0.1) is 0 Å². The van der Waals surface area contributed by atoms with Crippen molar-refractivity contribution in [3.8, 4) is 0 Å². The topological polar surface area (TPSA) is 41.0 Å². The molecule has 1 aromatic carbocycles. The van der Waals surface area contributed by atoms with E-state index in [0.29, 0.717) is 5.92 Å². The van der Waals surface area contributed by atoms with Crippen LogP contribution in [0.2, 0.25) is 0 Å². The Morgan fingerprint density at radius 1 is 1.18 bits per heavy atom. The summed E-state index contributed by atoms with van der Waals surface area (Å²) in [6.07, 6.45) is 1.08. The Morgan fingerprint density at radius 3 is 2.68 bits per heavy atom. The summed E-state index contributed by atoms with van der Waals surface area (Å²) in [5, 5.41) is 3.32. The maximum atomic E-state index is 4.79. The molecule has 2 heterocycles. The number of nitrogens with zero attached hydrogens (tertiary/aromatic N) is 3. The Hall–Kier alpha value is -2.10. The SMILES string of the molecule is CCNc1cc(N2CCc3ccccc3C2)nc(C(C)C)n1. The lowest BCUT2D eigenvalue weighted by molar-refractivity contribution is 0.703. The van der Waals surface area contributed by atoms with Crippen LogP contribution < -0.4 is 10.2 Å². The van der Waals surface area contributed by atoms with E-state index in [-0.39, 0.29) is 0 Å². The van der Waals surface area contributed by atoms with Gasteiger partial charge in [-0.05, 0) is 24.5 Å². The second kappa shape index (κ2) is 6.34. The third kappa shape index (κ3) is 3.06. The number of hydrogen-bond donors (Lipinski definition) is 1. The minimum atomic E-state index is 0.328. The molecule has 0 atom stereocenters. The van der Waals surface area contributed by atoms with Crippen LogP contribution in [0.3, 0.4) is 0 Å². The van der Waals surface area contributed by atoms with E-state index in [1.165, 1.54) is 11.1 Å². The molecule has 0 amide bonds. The van der Waals surface area contributed by atoms with Gasteiger partial charge in [-0.1, -0.05) is 38.1 Å². The average Bonchev–Trinajstić information content (AvgIpc) is 2.54. The summed E-state index contributed by atoms with van der Waals surface area (Å²) in [7, 11) is 0. The fourth-order valence-corrected chi connectivity index (χ4v) is 2.84. The van der Waals surface area contributed by atoms with Crippen molar-refractivity contribution in [1.29, 1.82) is 0 Å². The minimum absolute atomic E-state index is 0.328. The summed E-state index contributed by atoms with van der Waals surface area (Å²) in [4.78, 5) is 11.8. The van der Waals surface area contributed by atoms with Gasteiger partial charge in [-0.25, -0.2) is 9.97 Å². The molecule has 0 saturated carbocycles. The predicted molar refractivity (Wildman–Crippen MR) is 91.5 cm³/mol. The van der Waals surface area contributed by atoms with Gasteiger partial charge in [-0.15, -0.1) is 0 Å². The molecule has 0 fully saturated rings. The van der Waals surface area contributed by atoms with Crippen molar-refractivity contribution < 1.29 is 0 Å². The fourth-order valence-electron chi connectivity index (χ4n) is 2.84. The smallest absolute Gasteiger partial charge is 0.135 e. The highest BCUT2D eigenvalue weighted by Gasteiger charge is 2.19. The maximum Gasteiger partial charge on any atom is 0.135 e. The average molecular weight is 296 g/mol. The molecule has 0 unspecified atom stereocenters. The molecule has 1 aliphatic heterocycles. The van der Waals surface area contributed by atoms with Gasteiger partial charge in [-0.2, -0.15) is 0 Å². The van der Waals surface area contributed by atoms with Crippen molar-refractivity contribution in [1.82, 2.24) is 9.97 Å². The number of aromatic nitrogens is 2. The van der Waals surface area contributed by atoms with Crippen LogP contribution in [-0.2, 0) is 13.0 Å². The number of fused-ring (bicyclic) bond motifs is 1. The van der Waals surface area contributed by atoms with Gasteiger partial charge in [0, 0.05) is 31.6 Å². The second-order valence-corrected chi connectivity index (χ2v) is 6.09. The van der Waals surface area contributed by atoms with Crippen LogP contribution in [-0.4, -0.2) is 23.1 Å². The van der Waals surface area contributed by atoms with Crippen molar-refractivity contribution in [2.45, 2.75) is 39.7 Å². The highest BCUT2D eigenvalue weighted by molar-refractivity contribution is 5.51. The van der Waals surface area contributed by atoms with E-state index >= 15 is 0 Å². The van der Waals surface area contributed by atoms with Crippen molar-refractivity contribution in [2.75, 3.05) is 23.3 Å². The van der Waals surface area contributed by atoms with Gasteiger partial charge in [0.15, 0.2) is 0 Å². The molecule has 1 aliphatic rings. The van der Waals surface area contributed by atoms with E-state index in [0.717, 1.165) is 43.5 Å². The van der Waals surface area contributed by atoms with E-state index in [1.807, 2.05) is 0 Å². The summed E-state index contributed by atoms with van der Waals surface area (Å²) in [5.41, 5.74) is 2.87. The van der Waals surface area contributed by atoms with Gasteiger partial charge in [0.25, 0.3) is 0 Å². The van der Waals surface area contributed by atoms with Crippen LogP contribution in [0.1, 0.15) is 43.6 Å². The Bertz CT molecular complexity index is 651. The first-order valence-corrected chi connectivity index (χ1v) is 8.12. The zero-order valence-electron chi connectivity index (χ0n) is 13.6. The number of hydrogen-bond acceptors (Lipinski definition) is 4. The highest BCUT2D eigenvalue weighted by atomic mass is 15.2. The van der Waals surface area contributed by atoms with Crippen LogP contribution in [0.25, 0.3) is 0 Å². The molecule has 0 radical (unpaired) electrons. The molecule has 3 rings (SSSR count). The first-order valence-electron chi connectivity index (χ1n) is 8.12. The summed E-state index contributed by atoms with van der Waals surface area (Å²) in [6.45, 7) is 9.18. The Labute approximate surface area is 132 Å². The van der Waals surface area contributed by atoms with Gasteiger partial charge >= 0.3 is 0 Å². The first-order chi connectivity index (χ1) is 10.7. The summed E-state index contributed by atoms with van der Waals surface area (Å²) in [6, 6.07) is 10.8. The Kier molecular flexibility index (Phi) is 4.27. The number of benzene rings is 1. The zero-order chi connectivity index (χ0) is 15.5. The Morgan fingerprint density at radius 2 is 1.95 bits per heavy atom. The van der Waals surface area contributed by atoms with Gasteiger partial charge < -0.3 is 10.2 Å². The van der Waals surface area contributed by atoms with Crippen LogP contribution >= 0.6 is 0 Å². The highest BCUT2D eigenvalue weighted by Crippen LogP contribution is 2.25. The van der Waals surface area contributed by atoms with Crippen LogP contribution in [0.5, 0.6) is 0 Å². The first kappa shape index (κ1) is 14.8. The van der Waals surface area contributed by atoms with E-state index in [1.54, 1.807) is 0 Å². The molecule has 22 heavy (non-hydrogen) atoms. The quantitative estimate of drug-likeness (QED) is 0.936. The standard InChI is InChI=1S/C18H24N4/c1-4-19-16-11-17(21-18(20-16)13(2)3)22-10-9-14-7-5-6-8-15(14)12-22/h5-8,11,13H,4,9-10,12H2,1-3H3,(H,19,20,21). The van der Waals surface area contributed by atoms with Crippen molar-refractivity contribution in [3.05, 3.63) is 47.3 Å². The van der Waals surface area contributed by atoms with E-state index in [2.05, 4.69) is 66.3 Å². The minimum Gasteiger partial charge on any atom is -0.370 e. The second-order valence-electron chi connectivity index (χ2n) is 6.09. The molecule has 0 bridgehead atoms. The van der Waals surface area contributed by atoms with Gasteiger partial charge in [0.1, 0.15) is 17.5 Å². The predicted octanol–water partition coefficient (Wildman–Crippen LogP) is 3.59. The van der Waals surface area contributed by atoms with E-state index in [4.69, 9.17) is 4.98 Å². The van der Waals surface area contributed by atoms with Crippen molar-refractivity contribution in [3.63, 3.8) is 0 Å². The van der Waals surface area contributed by atoms with Crippen molar-refractivity contribution in [2.24, 2.45) is 0 Å². The molecule has 116 valence electrons. The molecule has 4 heteroatoms. The van der Waals surface area contributed by atoms with Crippen LogP contribution in [0.15, 0.2) is 30.3 Å². The molecular formula is C18H24N4. The number of nitrogens with one attached hydrogen (secondary N) is 1. The van der Waals surface area contributed by atoms with Gasteiger partial charge in [-0.3, -0.25) is 0 Å². The fraction of sp³-hybridized carbons (Fsp3) is 0.444. The lowest BCUT2D eigenvalue weighted by atomic mass is 10.00. The normalized spacial score (nSPS) is 14.1. The molecule has 1 N–H and O–H groups in total. The lowest BCUT2D eigenvalue weighted by Gasteiger charge is -2.30. The zero-order valence-corrected chi connectivity index (χ0v) is 13.6. The molecule has 0 saturated heterocycles. The molecule has 4 nitrogen and oxygen atoms in total. The van der Waals surface area contributed by atoms with Crippen LogP contribution in [0.4, 0.5) is 11.6 Å². The Balaban J connectivity index is 1.91. The molecule has 0 aliphatic carbocycles. The lowest BCUT2D eigenvalue weighted by Crippen LogP contribution is -2.31. The summed E-state index contributed by atoms with van der Waals surface area (Å²) in [5.74, 6) is 3.20. The maximum absolute atomic E-state index is 4.79. The van der Waals surface area contributed by atoms with E-state index < -0.39 is 0 Å². The third-order valence-corrected chi connectivity index (χ3v) is 4.06.